The predicted octanol–water partition coefficient (Wildman–Crippen LogP) is 2.77. The van der Waals surface area contributed by atoms with Gasteiger partial charge in [-0.15, -0.1) is 0 Å². The molecule has 16 heavy (non-hydrogen) atoms. The molecule has 1 aromatic rings. The van der Waals surface area contributed by atoms with Crippen molar-refractivity contribution in [2.45, 2.75) is 33.6 Å². The lowest BCUT2D eigenvalue weighted by Crippen LogP contribution is -2.38. The summed E-state index contributed by atoms with van der Waals surface area (Å²) >= 11 is 0. The molecule has 1 amide bonds. The molecule has 0 spiro atoms. The van der Waals surface area contributed by atoms with Gasteiger partial charge in [-0.1, -0.05) is 6.92 Å². The molecule has 0 aromatic carbocycles. The fraction of sp³-hybridized carbons (Fsp3) is 0.615. The first kappa shape index (κ1) is 11.2. The summed E-state index contributed by atoms with van der Waals surface area (Å²) in [5.41, 5.74) is 1.70. The Morgan fingerprint density at radius 1 is 1.38 bits per heavy atom. The van der Waals surface area contributed by atoms with E-state index in [0.717, 1.165) is 48.7 Å². The van der Waals surface area contributed by atoms with Crippen LogP contribution in [0.2, 0.25) is 0 Å². The number of hydrogen-bond donors (Lipinski definition) is 0. The highest BCUT2D eigenvalue weighted by molar-refractivity contribution is 5.96. The summed E-state index contributed by atoms with van der Waals surface area (Å²) in [6.07, 6.45) is 3.89. The van der Waals surface area contributed by atoms with Gasteiger partial charge >= 0.3 is 0 Å². The van der Waals surface area contributed by atoms with E-state index in [1.807, 2.05) is 18.7 Å². The molecule has 1 aliphatic rings. The Bertz CT molecular complexity index is 367. The summed E-state index contributed by atoms with van der Waals surface area (Å²) in [6, 6.07) is 0. The molecule has 1 aromatic heterocycles. The van der Waals surface area contributed by atoms with Crippen molar-refractivity contribution in [2.24, 2.45) is 5.92 Å². The van der Waals surface area contributed by atoms with Crippen LogP contribution in [0.3, 0.4) is 0 Å². The molecule has 1 saturated heterocycles. The minimum Gasteiger partial charge on any atom is -0.469 e. The van der Waals surface area contributed by atoms with Crippen molar-refractivity contribution in [1.82, 2.24) is 4.90 Å². The molecule has 0 atom stereocenters. The van der Waals surface area contributed by atoms with E-state index in [2.05, 4.69) is 6.92 Å². The van der Waals surface area contributed by atoms with Crippen LogP contribution in [0.1, 0.15) is 41.4 Å². The largest absolute Gasteiger partial charge is 0.469 e. The van der Waals surface area contributed by atoms with Crippen molar-refractivity contribution in [1.29, 1.82) is 0 Å². The molecule has 0 aliphatic carbocycles. The topological polar surface area (TPSA) is 33.5 Å². The van der Waals surface area contributed by atoms with Crippen molar-refractivity contribution < 1.29 is 9.21 Å². The standard InChI is InChI=1S/C13H19NO2/c1-9-4-6-14(7-5-9)13(15)12-10(2)8-16-11(12)3/h8-9H,4-7H2,1-3H3. The maximum absolute atomic E-state index is 12.3. The third-order valence-electron chi connectivity index (χ3n) is 3.44. The van der Waals surface area contributed by atoms with Crippen LogP contribution in [-0.4, -0.2) is 23.9 Å². The van der Waals surface area contributed by atoms with E-state index in [4.69, 9.17) is 4.42 Å². The first-order valence-electron chi connectivity index (χ1n) is 5.93. The van der Waals surface area contributed by atoms with Crippen molar-refractivity contribution in [3.8, 4) is 0 Å². The summed E-state index contributed by atoms with van der Waals surface area (Å²) in [5.74, 6) is 1.62. The van der Waals surface area contributed by atoms with Gasteiger partial charge in [-0.25, -0.2) is 0 Å². The molecule has 2 heterocycles. The molecule has 0 radical (unpaired) electrons. The van der Waals surface area contributed by atoms with E-state index in [1.165, 1.54) is 0 Å². The maximum Gasteiger partial charge on any atom is 0.257 e. The number of likely N-dealkylation sites (tertiary alicyclic amines) is 1. The van der Waals surface area contributed by atoms with Gasteiger partial charge in [0, 0.05) is 18.7 Å². The summed E-state index contributed by atoms with van der Waals surface area (Å²) in [6.45, 7) is 7.79. The van der Waals surface area contributed by atoms with E-state index >= 15 is 0 Å². The monoisotopic (exact) mass is 221 g/mol. The Hall–Kier alpha value is -1.25. The van der Waals surface area contributed by atoms with Crippen LogP contribution in [0.15, 0.2) is 10.7 Å². The van der Waals surface area contributed by atoms with Gasteiger partial charge in [0.15, 0.2) is 0 Å². The van der Waals surface area contributed by atoms with Gasteiger partial charge in [0.2, 0.25) is 0 Å². The molecule has 1 fully saturated rings. The molecule has 1 aliphatic heterocycles. The average Bonchev–Trinajstić information content (AvgIpc) is 2.59. The molecule has 0 bridgehead atoms. The van der Waals surface area contributed by atoms with Gasteiger partial charge in [-0.2, -0.15) is 0 Å². The number of carbonyl (C=O) groups excluding carboxylic acids is 1. The molecule has 0 N–H and O–H groups in total. The highest BCUT2D eigenvalue weighted by Gasteiger charge is 2.25. The first-order chi connectivity index (χ1) is 7.59. The zero-order valence-corrected chi connectivity index (χ0v) is 10.2. The maximum atomic E-state index is 12.3. The van der Waals surface area contributed by atoms with E-state index < -0.39 is 0 Å². The highest BCUT2D eigenvalue weighted by atomic mass is 16.3. The normalized spacial score (nSPS) is 17.8. The second-order valence-corrected chi connectivity index (χ2v) is 4.82. The number of nitrogens with zero attached hydrogens (tertiary/aromatic N) is 1. The highest BCUT2D eigenvalue weighted by Crippen LogP contribution is 2.22. The third-order valence-corrected chi connectivity index (χ3v) is 3.44. The predicted molar refractivity (Wildman–Crippen MR) is 62.5 cm³/mol. The molecule has 3 nitrogen and oxygen atoms in total. The van der Waals surface area contributed by atoms with Crippen molar-refractivity contribution in [3.63, 3.8) is 0 Å². The fourth-order valence-electron chi connectivity index (χ4n) is 2.26. The third kappa shape index (κ3) is 1.99. The number of piperidine rings is 1. The zero-order valence-electron chi connectivity index (χ0n) is 10.2. The van der Waals surface area contributed by atoms with Crippen LogP contribution in [-0.2, 0) is 0 Å². The Morgan fingerprint density at radius 2 is 2.00 bits per heavy atom. The van der Waals surface area contributed by atoms with E-state index in [0.29, 0.717) is 0 Å². The SMILES string of the molecule is Cc1coc(C)c1C(=O)N1CCC(C)CC1. The number of furan rings is 1. The second-order valence-electron chi connectivity index (χ2n) is 4.82. The number of hydrogen-bond acceptors (Lipinski definition) is 2. The van der Waals surface area contributed by atoms with Crippen molar-refractivity contribution >= 4 is 5.91 Å². The average molecular weight is 221 g/mol. The first-order valence-corrected chi connectivity index (χ1v) is 5.93. The minimum atomic E-state index is 0.135. The summed E-state index contributed by atoms with van der Waals surface area (Å²) in [7, 11) is 0. The van der Waals surface area contributed by atoms with Gasteiger partial charge in [0.25, 0.3) is 5.91 Å². The molecule has 0 saturated carbocycles. The quantitative estimate of drug-likeness (QED) is 0.730. The minimum absolute atomic E-state index is 0.135. The Kier molecular flexibility index (Phi) is 3.03. The van der Waals surface area contributed by atoms with Crippen LogP contribution >= 0.6 is 0 Å². The van der Waals surface area contributed by atoms with E-state index in [9.17, 15) is 4.79 Å². The van der Waals surface area contributed by atoms with Crippen LogP contribution in [0.5, 0.6) is 0 Å². The number of amides is 1. The number of rotatable bonds is 1. The van der Waals surface area contributed by atoms with Crippen LogP contribution in [0, 0.1) is 19.8 Å². The zero-order chi connectivity index (χ0) is 11.7. The Labute approximate surface area is 96.4 Å². The summed E-state index contributed by atoms with van der Waals surface area (Å²) < 4.78 is 5.28. The van der Waals surface area contributed by atoms with Crippen molar-refractivity contribution in [3.05, 3.63) is 23.2 Å². The lowest BCUT2D eigenvalue weighted by molar-refractivity contribution is 0.0695. The molecule has 88 valence electrons. The van der Waals surface area contributed by atoms with Crippen LogP contribution in [0.25, 0.3) is 0 Å². The Balaban J connectivity index is 2.14. The summed E-state index contributed by atoms with van der Waals surface area (Å²) in [5, 5.41) is 0. The Morgan fingerprint density at radius 3 is 2.50 bits per heavy atom. The van der Waals surface area contributed by atoms with E-state index in [-0.39, 0.29) is 5.91 Å². The molecular weight excluding hydrogens is 202 g/mol. The molecule has 0 unspecified atom stereocenters. The second kappa shape index (κ2) is 4.32. The molecule has 3 heteroatoms. The van der Waals surface area contributed by atoms with E-state index in [1.54, 1.807) is 6.26 Å². The van der Waals surface area contributed by atoms with Crippen LogP contribution in [0.4, 0.5) is 0 Å². The van der Waals surface area contributed by atoms with Gasteiger partial charge in [-0.05, 0) is 32.6 Å². The van der Waals surface area contributed by atoms with Crippen LogP contribution < -0.4 is 0 Å². The van der Waals surface area contributed by atoms with Crippen molar-refractivity contribution in [2.75, 3.05) is 13.1 Å². The molecule has 2 rings (SSSR count). The lowest BCUT2D eigenvalue weighted by Gasteiger charge is -2.30. The lowest BCUT2D eigenvalue weighted by atomic mass is 9.98. The van der Waals surface area contributed by atoms with Gasteiger partial charge in [0.05, 0.1) is 11.8 Å². The van der Waals surface area contributed by atoms with Gasteiger partial charge in [-0.3, -0.25) is 4.79 Å². The summed E-state index contributed by atoms with van der Waals surface area (Å²) in [4.78, 5) is 14.2. The van der Waals surface area contributed by atoms with Gasteiger partial charge < -0.3 is 9.32 Å². The number of carbonyl (C=O) groups is 1. The van der Waals surface area contributed by atoms with Gasteiger partial charge in [0.1, 0.15) is 5.76 Å². The number of aryl methyl sites for hydroxylation is 2. The molecular formula is C13H19NO2. The smallest absolute Gasteiger partial charge is 0.257 e. The fourth-order valence-corrected chi connectivity index (χ4v) is 2.26.